The van der Waals surface area contributed by atoms with E-state index in [4.69, 9.17) is 20.9 Å². The van der Waals surface area contributed by atoms with Crippen LogP contribution in [-0.4, -0.2) is 36.1 Å². The van der Waals surface area contributed by atoms with Crippen molar-refractivity contribution < 1.29 is 4.74 Å². The number of nitrogens with two attached hydrogens (primary N) is 1. The first kappa shape index (κ1) is 13.4. The molecular formula is C15H22N4O. The van der Waals surface area contributed by atoms with Gasteiger partial charge in [-0.25, -0.2) is 4.98 Å². The lowest BCUT2D eigenvalue weighted by molar-refractivity contribution is -0.0279. The molecule has 2 heterocycles. The maximum atomic E-state index is 7.84. The van der Waals surface area contributed by atoms with Crippen LogP contribution in [0, 0.1) is 5.41 Å². The number of anilines is 1. The molecule has 0 saturated carbocycles. The number of pyridine rings is 1. The number of ether oxygens (including phenoxy) is 1. The van der Waals surface area contributed by atoms with Gasteiger partial charge in [0.15, 0.2) is 0 Å². The Morgan fingerprint density at radius 3 is 2.95 bits per heavy atom. The lowest BCUT2D eigenvalue weighted by Gasteiger charge is -2.39. The number of morpholine rings is 1. The van der Waals surface area contributed by atoms with Crippen LogP contribution in [0.1, 0.15) is 37.1 Å². The second kappa shape index (κ2) is 4.74. The van der Waals surface area contributed by atoms with E-state index >= 15 is 0 Å². The van der Waals surface area contributed by atoms with Crippen LogP contribution in [0.4, 0.5) is 5.82 Å². The molecule has 0 amide bonds. The number of hydrogen-bond donors (Lipinski definition) is 2. The van der Waals surface area contributed by atoms with Gasteiger partial charge in [-0.3, -0.25) is 5.41 Å². The van der Waals surface area contributed by atoms with Gasteiger partial charge in [0, 0.05) is 18.8 Å². The largest absolute Gasteiger partial charge is 0.384 e. The molecule has 0 unspecified atom stereocenters. The number of nitrogen functional groups attached to an aromatic ring is 1. The van der Waals surface area contributed by atoms with Crippen molar-refractivity contribution in [1.82, 2.24) is 4.98 Å². The van der Waals surface area contributed by atoms with E-state index in [2.05, 4.69) is 24.8 Å². The Labute approximate surface area is 119 Å². The van der Waals surface area contributed by atoms with Crippen LogP contribution in [0.2, 0.25) is 0 Å². The quantitative estimate of drug-likeness (QED) is 0.632. The molecule has 1 aromatic heterocycles. The van der Waals surface area contributed by atoms with Gasteiger partial charge in [-0.2, -0.15) is 0 Å². The summed E-state index contributed by atoms with van der Waals surface area (Å²) in [6.07, 6.45) is 3.24. The molecule has 108 valence electrons. The van der Waals surface area contributed by atoms with Crippen molar-refractivity contribution in [2.45, 2.75) is 38.7 Å². The Morgan fingerprint density at radius 2 is 2.25 bits per heavy atom. The van der Waals surface area contributed by atoms with Gasteiger partial charge in [0.25, 0.3) is 0 Å². The summed E-state index contributed by atoms with van der Waals surface area (Å²) in [7, 11) is 0. The smallest absolute Gasteiger partial charge is 0.140 e. The van der Waals surface area contributed by atoms with Crippen molar-refractivity contribution >= 4 is 11.7 Å². The SMILES string of the molecule is CC1(C)CN(c2nc3c(cc2C(=N)N)CCC3)CCO1. The zero-order chi connectivity index (χ0) is 14.3. The van der Waals surface area contributed by atoms with Gasteiger partial charge in [0.05, 0.1) is 17.8 Å². The Morgan fingerprint density at radius 1 is 1.45 bits per heavy atom. The number of hydrogen-bond acceptors (Lipinski definition) is 4. The molecule has 1 aliphatic carbocycles. The fourth-order valence-electron chi connectivity index (χ4n) is 3.10. The molecule has 1 aliphatic heterocycles. The summed E-state index contributed by atoms with van der Waals surface area (Å²) >= 11 is 0. The van der Waals surface area contributed by atoms with Crippen molar-refractivity contribution in [1.29, 1.82) is 5.41 Å². The molecule has 0 atom stereocenters. The number of amidine groups is 1. The highest BCUT2D eigenvalue weighted by Crippen LogP contribution is 2.29. The maximum Gasteiger partial charge on any atom is 0.140 e. The molecule has 2 aliphatic rings. The Hall–Kier alpha value is -1.62. The number of nitrogens with zero attached hydrogens (tertiary/aromatic N) is 2. The number of fused-ring (bicyclic) bond motifs is 1. The number of nitrogens with one attached hydrogen (secondary N) is 1. The predicted molar refractivity (Wildman–Crippen MR) is 79.5 cm³/mol. The minimum absolute atomic E-state index is 0.103. The van der Waals surface area contributed by atoms with Crippen molar-refractivity contribution in [2.75, 3.05) is 24.6 Å². The van der Waals surface area contributed by atoms with Crippen LogP contribution in [-0.2, 0) is 17.6 Å². The molecule has 0 aromatic carbocycles. The lowest BCUT2D eigenvalue weighted by Crippen LogP contribution is -2.49. The van der Waals surface area contributed by atoms with Crippen LogP contribution in [0.25, 0.3) is 0 Å². The second-order valence-corrected chi connectivity index (χ2v) is 6.26. The van der Waals surface area contributed by atoms with Crippen molar-refractivity contribution in [2.24, 2.45) is 5.73 Å². The summed E-state index contributed by atoms with van der Waals surface area (Å²) in [5.41, 5.74) is 8.78. The third-order valence-electron chi connectivity index (χ3n) is 4.05. The Bertz CT molecular complexity index is 553. The van der Waals surface area contributed by atoms with E-state index in [1.165, 1.54) is 11.3 Å². The van der Waals surface area contributed by atoms with Gasteiger partial charge in [-0.1, -0.05) is 0 Å². The summed E-state index contributed by atoms with van der Waals surface area (Å²) in [5, 5.41) is 7.84. The molecule has 0 spiro atoms. The zero-order valence-electron chi connectivity index (χ0n) is 12.2. The molecule has 0 radical (unpaired) electrons. The second-order valence-electron chi connectivity index (χ2n) is 6.26. The van der Waals surface area contributed by atoms with E-state index < -0.39 is 0 Å². The van der Waals surface area contributed by atoms with E-state index in [-0.39, 0.29) is 11.4 Å². The maximum absolute atomic E-state index is 7.84. The summed E-state index contributed by atoms with van der Waals surface area (Å²) < 4.78 is 5.76. The van der Waals surface area contributed by atoms with E-state index in [1.54, 1.807) is 0 Å². The molecular weight excluding hydrogens is 252 g/mol. The van der Waals surface area contributed by atoms with E-state index in [0.29, 0.717) is 6.61 Å². The summed E-state index contributed by atoms with van der Waals surface area (Å²) in [6, 6.07) is 2.06. The minimum atomic E-state index is -0.187. The van der Waals surface area contributed by atoms with Crippen LogP contribution >= 0.6 is 0 Å². The average Bonchev–Trinajstić information content (AvgIpc) is 2.83. The molecule has 1 aromatic rings. The molecule has 3 rings (SSSR count). The third kappa shape index (κ3) is 2.38. The topological polar surface area (TPSA) is 75.2 Å². The first-order valence-corrected chi connectivity index (χ1v) is 7.22. The lowest BCUT2D eigenvalue weighted by atomic mass is 10.1. The van der Waals surface area contributed by atoms with Crippen LogP contribution in [0.15, 0.2) is 6.07 Å². The van der Waals surface area contributed by atoms with Crippen molar-refractivity contribution in [3.05, 3.63) is 22.9 Å². The zero-order valence-corrected chi connectivity index (χ0v) is 12.2. The molecule has 0 bridgehead atoms. The normalized spacial score (nSPS) is 20.8. The number of aromatic nitrogens is 1. The van der Waals surface area contributed by atoms with Gasteiger partial charge in [-0.05, 0) is 44.7 Å². The molecule has 1 fully saturated rings. The van der Waals surface area contributed by atoms with Crippen LogP contribution in [0.5, 0.6) is 0 Å². The molecule has 20 heavy (non-hydrogen) atoms. The monoisotopic (exact) mass is 274 g/mol. The van der Waals surface area contributed by atoms with E-state index in [9.17, 15) is 0 Å². The molecule has 5 nitrogen and oxygen atoms in total. The van der Waals surface area contributed by atoms with Gasteiger partial charge in [0.2, 0.25) is 0 Å². The molecule has 5 heteroatoms. The van der Waals surface area contributed by atoms with E-state index in [0.717, 1.165) is 43.7 Å². The Kier molecular flexibility index (Phi) is 3.17. The summed E-state index contributed by atoms with van der Waals surface area (Å²) in [6.45, 7) is 6.43. The van der Waals surface area contributed by atoms with Gasteiger partial charge < -0.3 is 15.4 Å². The number of aryl methyl sites for hydroxylation is 2. The van der Waals surface area contributed by atoms with Gasteiger partial charge in [-0.15, -0.1) is 0 Å². The van der Waals surface area contributed by atoms with Crippen molar-refractivity contribution in [3.63, 3.8) is 0 Å². The average molecular weight is 274 g/mol. The summed E-state index contributed by atoms with van der Waals surface area (Å²) in [4.78, 5) is 7.02. The molecule has 3 N–H and O–H groups in total. The van der Waals surface area contributed by atoms with Crippen molar-refractivity contribution in [3.8, 4) is 0 Å². The fraction of sp³-hybridized carbons (Fsp3) is 0.600. The van der Waals surface area contributed by atoms with E-state index in [1.807, 2.05) is 0 Å². The molecule has 1 saturated heterocycles. The Balaban J connectivity index is 2.01. The highest BCUT2D eigenvalue weighted by molar-refractivity contribution is 6.00. The predicted octanol–water partition coefficient (Wildman–Crippen LogP) is 1.47. The standard InChI is InChI=1S/C15H22N4O/c1-15(2)9-19(6-7-20-15)14-11(13(16)17)8-10-4-3-5-12(10)18-14/h8H,3-7,9H2,1-2H3,(H3,16,17). The first-order chi connectivity index (χ1) is 9.46. The van der Waals surface area contributed by atoms with Crippen LogP contribution in [0.3, 0.4) is 0 Å². The minimum Gasteiger partial charge on any atom is -0.384 e. The number of rotatable bonds is 2. The first-order valence-electron chi connectivity index (χ1n) is 7.22. The highest BCUT2D eigenvalue weighted by Gasteiger charge is 2.30. The third-order valence-corrected chi connectivity index (χ3v) is 4.05. The summed E-state index contributed by atoms with van der Waals surface area (Å²) in [5.74, 6) is 0.959. The van der Waals surface area contributed by atoms with Gasteiger partial charge >= 0.3 is 0 Å². The van der Waals surface area contributed by atoms with Crippen LogP contribution < -0.4 is 10.6 Å². The van der Waals surface area contributed by atoms with Gasteiger partial charge in [0.1, 0.15) is 11.7 Å². The highest BCUT2D eigenvalue weighted by atomic mass is 16.5. The fourth-order valence-corrected chi connectivity index (χ4v) is 3.10.